The highest BCUT2D eigenvalue weighted by molar-refractivity contribution is 5.97. The molecule has 0 aromatic heterocycles. The summed E-state index contributed by atoms with van der Waals surface area (Å²) in [5.74, 6) is 1.15. The summed E-state index contributed by atoms with van der Waals surface area (Å²) >= 11 is 0. The molecule has 1 saturated carbocycles. The summed E-state index contributed by atoms with van der Waals surface area (Å²) in [5, 5.41) is 3.50. The maximum absolute atomic E-state index is 14.2. The monoisotopic (exact) mass is 498 g/mol. The van der Waals surface area contributed by atoms with E-state index in [-0.39, 0.29) is 23.8 Å². The molecule has 0 spiro atoms. The van der Waals surface area contributed by atoms with E-state index in [2.05, 4.69) is 83.9 Å². The quantitative estimate of drug-likeness (QED) is 0.350. The lowest BCUT2D eigenvalue weighted by molar-refractivity contribution is -0.123. The van der Waals surface area contributed by atoms with Crippen LogP contribution in [0.5, 0.6) is 5.75 Å². The summed E-state index contributed by atoms with van der Waals surface area (Å²) in [4.78, 5) is 16.3. The highest BCUT2D eigenvalue weighted by atomic mass is 16.5. The molecule has 1 aliphatic heterocycles. The van der Waals surface area contributed by atoms with E-state index in [4.69, 9.17) is 9.47 Å². The third-order valence-electron chi connectivity index (χ3n) is 7.57. The zero-order valence-corrected chi connectivity index (χ0v) is 22.0. The number of benzene rings is 3. The number of carbonyl (C=O) groups excluding carboxylic acids is 1. The van der Waals surface area contributed by atoms with Crippen LogP contribution in [0, 0.1) is 12.8 Å². The second-order valence-electron chi connectivity index (χ2n) is 10.3. The van der Waals surface area contributed by atoms with Crippen LogP contribution in [0.1, 0.15) is 42.7 Å². The summed E-state index contributed by atoms with van der Waals surface area (Å²) in [6.45, 7) is 4.96. The van der Waals surface area contributed by atoms with Crippen LogP contribution in [0.4, 0.5) is 5.69 Å². The number of nitrogens with one attached hydrogen (secondary N) is 1. The molecule has 1 aliphatic carbocycles. The Morgan fingerprint density at radius 2 is 1.76 bits per heavy atom. The number of carbonyl (C=O) groups is 1. The van der Waals surface area contributed by atoms with Crippen LogP contribution in [0.3, 0.4) is 0 Å². The van der Waals surface area contributed by atoms with Gasteiger partial charge >= 0.3 is 0 Å². The highest BCUT2D eigenvalue weighted by Gasteiger charge is 2.41. The number of anilines is 1. The Hall–Kier alpha value is -3.15. The van der Waals surface area contributed by atoms with E-state index in [0.29, 0.717) is 19.8 Å². The van der Waals surface area contributed by atoms with E-state index in [9.17, 15) is 4.79 Å². The lowest BCUT2D eigenvalue weighted by Gasteiger charge is -2.36. The van der Waals surface area contributed by atoms with Crippen LogP contribution in [-0.4, -0.2) is 45.4 Å². The van der Waals surface area contributed by atoms with Crippen molar-refractivity contribution in [2.75, 3.05) is 38.3 Å². The van der Waals surface area contributed by atoms with E-state index >= 15 is 0 Å². The second kappa shape index (κ2) is 11.9. The van der Waals surface area contributed by atoms with E-state index in [1.165, 1.54) is 16.7 Å². The van der Waals surface area contributed by atoms with Crippen LogP contribution in [0.25, 0.3) is 11.1 Å². The van der Waals surface area contributed by atoms with Crippen LogP contribution in [0.15, 0.2) is 72.8 Å². The van der Waals surface area contributed by atoms with Crippen molar-refractivity contribution in [2.24, 2.45) is 5.92 Å². The third-order valence-corrected chi connectivity index (χ3v) is 7.57. The van der Waals surface area contributed by atoms with E-state index in [0.717, 1.165) is 49.2 Å². The number of hydrogen-bond acceptors (Lipinski definition) is 4. The molecule has 194 valence electrons. The van der Waals surface area contributed by atoms with Crippen molar-refractivity contribution in [3.8, 4) is 16.9 Å². The largest absolute Gasteiger partial charge is 0.493 e. The van der Waals surface area contributed by atoms with E-state index < -0.39 is 0 Å². The Labute approximate surface area is 220 Å². The minimum atomic E-state index is -0.104. The molecule has 3 aromatic carbocycles. The van der Waals surface area contributed by atoms with Gasteiger partial charge in [0.2, 0.25) is 5.91 Å². The first-order chi connectivity index (χ1) is 18.2. The second-order valence-corrected chi connectivity index (χ2v) is 10.3. The number of piperidine rings is 1. The van der Waals surface area contributed by atoms with Gasteiger partial charge in [-0.05, 0) is 67.0 Å². The number of hydrogen-bond donors (Lipinski definition) is 1. The van der Waals surface area contributed by atoms with Gasteiger partial charge in [0.1, 0.15) is 5.75 Å². The van der Waals surface area contributed by atoms with Gasteiger partial charge in [-0.3, -0.25) is 4.79 Å². The summed E-state index contributed by atoms with van der Waals surface area (Å²) in [6, 6.07) is 25.7. The average Bonchev–Trinajstić information content (AvgIpc) is 3.78. The fraction of sp³-hybridized carbons (Fsp3) is 0.406. The first kappa shape index (κ1) is 25.5. The van der Waals surface area contributed by atoms with E-state index in [1.54, 1.807) is 7.11 Å². The normalized spacial score (nSPS) is 19.4. The van der Waals surface area contributed by atoms with Gasteiger partial charge in [-0.25, -0.2) is 0 Å². The third kappa shape index (κ3) is 6.06. The van der Waals surface area contributed by atoms with Gasteiger partial charge in [0.15, 0.2) is 0 Å². The first-order valence-corrected chi connectivity index (χ1v) is 13.6. The molecule has 1 heterocycles. The van der Waals surface area contributed by atoms with Gasteiger partial charge in [0.25, 0.3) is 0 Å². The molecule has 5 rings (SSSR count). The number of rotatable bonds is 10. The molecule has 1 saturated heterocycles. The van der Waals surface area contributed by atoms with Crippen molar-refractivity contribution in [2.45, 2.75) is 44.6 Å². The Morgan fingerprint density at radius 3 is 2.54 bits per heavy atom. The highest BCUT2D eigenvalue weighted by Crippen LogP contribution is 2.39. The number of aryl methyl sites for hydroxylation is 1. The maximum atomic E-state index is 14.2. The number of methoxy groups -OCH3 is 1. The zero-order chi connectivity index (χ0) is 25.6. The van der Waals surface area contributed by atoms with Gasteiger partial charge in [-0.1, -0.05) is 60.7 Å². The fourth-order valence-corrected chi connectivity index (χ4v) is 5.41. The minimum absolute atomic E-state index is 0.104. The first-order valence-electron chi connectivity index (χ1n) is 13.6. The van der Waals surface area contributed by atoms with Gasteiger partial charge in [-0.15, -0.1) is 0 Å². The van der Waals surface area contributed by atoms with Crippen molar-refractivity contribution in [3.05, 3.63) is 83.9 Å². The average molecular weight is 499 g/mol. The Bertz CT molecular complexity index is 1190. The van der Waals surface area contributed by atoms with Crippen molar-refractivity contribution in [3.63, 3.8) is 0 Å². The van der Waals surface area contributed by atoms with Gasteiger partial charge in [0.05, 0.1) is 12.5 Å². The van der Waals surface area contributed by atoms with Crippen LogP contribution >= 0.6 is 0 Å². The van der Waals surface area contributed by atoms with Crippen molar-refractivity contribution < 1.29 is 14.3 Å². The lowest BCUT2D eigenvalue weighted by Crippen LogP contribution is -2.47. The molecular weight excluding hydrogens is 460 g/mol. The summed E-state index contributed by atoms with van der Waals surface area (Å²) < 4.78 is 11.2. The van der Waals surface area contributed by atoms with E-state index in [1.807, 2.05) is 6.07 Å². The van der Waals surface area contributed by atoms with Gasteiger partial charge < -0.3 is 19.7 Å². The predicted octanol–water partition coefficient (Wildman–Crippen LogP) is 5.97. The summed E-state index contributed by atoms with van der Waals surface area (Å²) in [7, 11) is 1.70. The number of ether oxygens (including phenoxy) is 2. The molecule has 1 amide bonds. The summed E-state index contributed by atoms with van der Waals surface area (Å²) in [5.41, 5.74) is 5.69. The SMILES string of the molecule is COCCCOc1cc(N(C(=O)[C@H]2CNCC[C@@H]2c2cccc(-c3ccccc3)c2)C2CC2)ccc1C. The topological polar surface area (TPSA) is 50.8 Å². The standard InChI is InChI=1S/C32H38N2O3/c1-23-12-13-28(21-31(23)37-19-7-18-36-2)34(27-14-15-27)32(35)30-22-33-17-16-29(30)26-11-6-10-25(20-26)24-8-4-3-5-9-24/h3-6,8-13,20-21,27,29-30,33H,7,14-19,22H2,1-2H3/t29-,30+/m1/s1. The number of nitrogens with zero attached hydrogens (tertiary/aromatic N) is 1. The molecule has 2 atom stereocenters. The molecule has 0 unspecified atom stereocenters. The zero-order valence-electron chi connectivity index (χ0n) is 22.0. The smallest absolute Gasteiger partial charge is 0.232 e. The Balaban J connectivity index is 1.40. The number of amides is 1. The Kier molecular flexibility index (Phi) is 8.22. The molecule has 3 aromatic rings. The molecule has 37 heavy (non-hydrogen) atoms. The predicted molar refractivity (Wildman–Crippen MR) is 149 cm³/mol. The fourth-order valence-electron chi connectivity index (χ4n) is 5.41. The minimum Gasteiger partial charge on any atom is -0.493 e. The van der Waals surface area contributed by atoms with Crippen molar-refractivity contribution in [1.29, 1.82) is 0 Å². The summed E-state index contributed by atoms with van der Waals surface area (Å²) in [6.07, 6.45) is 3.90. The maximum Gasteiger partial charge on any atom is 0.232 e. The van der Waals surface area contributed by atoms with Crippen LogP contribution in [-0.2, 0) is 9.53 Å². The van der Waals surface area contributed by atoms with Crippen molar-refractivity contribution in [1.82, 2.24) is 5.32 Å². The van der Waals surface area contributed by atoms with Gasteiger partial charge in [-0.2, -0.15) is 0 Å². The van der Waals surface area contributed by atoms with Crippen LogP contribution in [0.2, 0.25) is 0 Å². The Morgan fingerprint density at radius 1 is 0.946 bits per heavy atom. The molecule has 1 N–H and O–H groups in total. The lowest BCUT2D eigenvalue weighted by atomic mass is 9.79. The van der Waals surface area contributed by atoms with Gasteiger partial charge in [0, 0.05) is 44.5 Å². The molecule has 2 fully saturated rings. The van der Waals surface area contributed by atoms with Crippen LogP contribution < -0.4 is 15.0 Å². The molecule has 5 nitrogen and oxygen atoms in total. The molecule has 0 radical (unpaired) electrons. The van der Waals surface area contributed by atoms with Crippen molar-refractivity contribution >= 4 is 11.6 Å². The molecular formula is C32H38N2O3. The molecule has 2 aliphatic rings. The molecule has 0 bridgehead atoms. The molecule has 5 heteroatoms.